The zero-order chi connectivity index (χ0) is 13.1. The second-order valence-electron chi connectivity index (χ2n) is 3.44. The zero-order valence-electron chi connectivity index (χ0n) is 9.02. The summed E-state index contributed by atoms with van der Waals surface area (Å²) in [5, 5.41) is 11.3. The van der Waals surface area contributed by atoms with Crippen molar-refractivity contribution in [3.63, 3.8) is 0 Å². The summed E-state index contributed by atoms with van der Waals surface area (Å²) in [4.78, 5) is 14.4. The third-order valence-electron chi connectivity index (χ3n) is 2.18. The Morgan fingerprint density at radius 1 is 1.17 bits per heavy atom. The number of benzene rings is 1. The van der Waals surface area contributed by atoms with Crippen LogP contribution in [0.25, 0.3) is 0 Å². The van der Waals surface area contributed by atoms with Crippen LogP contribution < -0.4 is 5.32 Å². The van der Waals surface area contributed by atoms with Gasteiger partial charge in [0.2, 0.25) is 0 Å². The highest BCUT2D eigenvalue weighted by Crippen LogP contribution is 2.20. The van der Waals surface area contributed by atoms with E-state index in [0.29, 0.717) is 0 Å². The Balaban J connectivity index is 2.31. The molecule has 0 saturated heterocycles. The SMILES string of the molecule is O=C(O)c1cccc(Nc2cccc(F)c2F)n1. The number of carboxylic acid groups (broad SMARTS) is 1. The van der Waals surface area contributed by atoms with E-state index in [9.17, 15) is 13.6 Å². The molecule has 0 atom stereocenters. The number of pyridine rings is 1. The highest BCUT2D eigenvalue weighted by molar-refractivity contribution is 5.85. The standard InChI is InChI=1S/C12H8F2N2O2/c13-7-3-1-4-8(11(7)14)15-10-6-2-5-9(16-10)12(17)18/h1-6H,(H,15,16)(H,17,18). The molecule has 1 aromatic heterocycles. The summed E-state index contributed by atoms with van der Waals surface area (Å²) >= 11 is 0. The summed E-state index contributed by atoms with van der Waals surface area (Å²) < 4.78 is 26.3. The molecular weight excluding hydrogens is 242 g/mol. The topological polar surface area (TPSA) is 62.2 Å². The fourth-order valence-corrected chi connectivity index (χ4v) is 1.36. The van der Waals surface area contributed by atoms with Gasteiger partial charge in [0, 0.05) is 0 Å². The molecule has 2 aromatic rings. The normalized spacial score (nSPS) is 10.1. The fraction of sp³-hybridized carbons (Fsp3) is 0. The van der Waals surface area contributed by atoms with Crippen LogP contribution in [-0.4, -0.2) is 16.1 Å². The summed E-state index contributed by atoms with van der Waals surface area (Å²) in [5.41, 5.74) is -0.290. The van der Waals surface area contributed by atoms with Gasteiger partial charge in [-0.05, 0) is 24.3 Å². The minimum Gasteiger partial charge on any atom is -0.477 e. The van der Waals surface area contributed by atoms with E-state index in [0.717, 1.165) is 6.07 Å². The van der Waals surface area contributed by atoms with E-state index in [4.69, 9.17) is 5.11 Å². The first kappa shape index (κ1) is 12.0. The molecule has 0 bridgehead atoms. The number of nitrogens with zero attached hydrogens (tertiary/aromatic N) is 1. The summed E-state index contributed by atoms with van der Waals surface area (Å²) in [5.74, 6) is -3.10. The van der Waals surface area contributed by atoms with Crippen LogP contribution in [0.15, 0.2) is 36.4 Å². The van der Waals surface area contributed by atoms with E-state index in [1.807, 2.05) is 0 Å². The van der Waals surface area contributed by atoms with Crippen molar-refractivity contribution in [1.29, 1.82) is 0 Å². The Labute approximate surface area is 101 Å². The number of aromatic carboxylic acids is 1. The van der Waals surface area contributed by atoms with Gasteiger partial charge in [-0.1, -0.05) is 12.1 Å². The first-order valence-corrected chi connectivity index (χ1v) is 4.99. The van der Waals surface area contributed by atoms with Crippen molar-refractivity contribution < 1.29 is 18.7 Å². The summed E-state index contributed by atoms with van der Waals surface area (Å²) in [6.07, 6.45) is 0. The molecule has 2 rings (SSSR count). The van der Waals surface area contributed by atoms with Crippen molar-refractivity contribution in [3.8, 4) is 0 Å². The maximum Gasteiger partial charge on any atom is 0.354 e. The van der Waals surface area contributed by atoms with Gasteiger partial charge in [-0.15, -0.1) is 0 Å². The molecule has 0 fully saturated rings. The molecule has 2 N–H and O–H groups in total. The van der Waals surface area contributed by atoms with E-state index in [2.05, 4.69) is 10.3 Å². The molecular formula is C12H8F2N2O2. The number of hydrogen-bond donors (Lipinski definition) is 2. The molecule has 0 aliphatic rings. The first-order valence-electron chi connectivity index (χ1n) is 4.99. The van der Waals surface area contributed by atoms with Gasteiger partial charge in [0.05, 0.1) is 5.69 Å². The lowest BCUT2D eigenvalue weighted by molar-refractivity contribution is 0.0690. The molecule has 0 spiro atoms. The smallest absolute Gasteiger partial charge is 0.354 e. The van der Waals surface area contributed by atoms with E-state index < -0.39 is 17.6 Å². The average Bonchev–Trinajstić information content (AvgIpc) is 2.35. The molecule has 0 aliphatic carbocycles. The molecule has 92 valence electrons. The van der Waals surface area contributed by atoms with Crippen molar-refractivity contribution in [2.45, 2.75) is 0 Å². The first-order chi connectivity index (χ1) is 8.58. The van der Waals surface area contributed by atoms with Gasteiger partial charge in [-0.2, -0.15) is 0 Å². The van der Waals surface area contributed by atoms with Crippen molar-refractivity contribution in [2.75, 3.05) is 5.32 Å². The number of nitrogens with one attached hydrogen (secondary N) is 1. The number of carboxylic acids is 1. The molecule has 0 unspecified atom stereocenters. The van der Waals surface area contributed by atoms with Crippen molar-refractivity contribution in [2.24, 2.45) is 0 Å². The molecule has 1 heterocycles. The minimum atomic E-state index is -1.20. The largest absolute Gasteiger partial charge is 0.477 e. The van der Waals surface area contributed by atoms with Crippen molar-refractivity contribution >= 4 is 17.5 Å². The predicted molar refractivity (Wildman–Crippen MR) is 60.8 cm³/mol. The second-order valence-corrected chi connectivity index (χ2v) is 3.44. The van der Waals surface area contributed by atoms with Gasteiger partial charge in [-0.3, -0.25) is 0 Å². The van der Waals surface area contributed by atoms with Crippen LogP contribution in [0.2, 0.25) is 0 Å². The van der Waals surface area contributed by atoms with Crippen LogP contribution in [-0.2, 0) is 0 Å². The van der Waals surface area contributed by atoms with Gasteiger partial charge < -0.3 is 10.4 Å². The maximum absolute atomic E-state index is 13.4. The lowest BCUT2D eigenvalue weighted by atomic mass is 10.3. The molecule has 4 nitrogen and oxygen atoms in total. The van der Waals surface area contributed by atoms with Crippen LogP contribution in [0.5, 0.6) is 0 Å². The van der Waals surface area contributed by atoms with Gasteiger partial charge in [0.1, 0.15) is 5.82 Å². The van der Waals surface area contributed by atoms with E-state index in [1.54, 1.807) is 0 Å². The van der Waals surface area contributed by atoms with E-state index in [-0.39, 0.29) is 17.2 Å². The number of anilines is 2. The highest BCUT2D eigenvalue weighted by Gasteiger charge is 2.09. The van der Waals surface area contributed by atoms with Gasteiger partial charge in [-0.25, -0.2) is 18.6 Å². The number of carbonyl (C=O) groups is 1. The van der Waals surface area contributed by atoms with Crippen LogP contribution in [0, 0.1) is 11.6 Å². The summed E-state index contributed by atoms with van der Waals surface area (Å²) in [6.45, 7) is 0. The van der Waals surface area contributed by atoms with Crippen molar-refractivity contribution in [3.05, 3.63) is 53.7 Å². The third-order valence-corrected chi connectivity index (χ3v) is 2.18. The van der Waals surface area contributed by atoms with E-state index >= 15 is 0 Å². The molecule has 0 saturated carbocycles. The third kappa shape index (κ3) is 2.42. The Morgan fingerprint density at radius 3 is 2.61 bits per heavy atom. The van der Waals surface area contributed by atoms with Gasteiger partial charge in [0.25, 0.3) is 0 Å². The lowest BCUT2D eigenvalue weighted by Gasteiger charge is -2.07. The quantitative estimate of drug-likeness (QED) is 0.879. The fourth-order valence-electron chi connectivity index (χ4n) is 1.36. The Morgan fingerprint density at radius 2 is 1.89 bits per heavy atom. The molecule has 18 heavy (non-hydrogen) atoms. The zero-order valence-corrected chi connectivity index (χ0v) is 9.02. The van der Waals surface area contributed by atoms with E-state index in [1.165, 1.54) is 30.3 Å². The second kappa shape index (κ2) is 4.79. The average molecular weight is 250 g/mol. The molecule has 0 amide bonds. The maximum atomic E-state index is 13.4. The monoisotopic (exact) mass is 250 g/mol. The van der Waals surface area contributed by atoms with Gasteiger partial charge in [0.15, 0.2) is 17.3 Å². The number of hydrogen-bond acceptors (Lipinski definition) is 3. The molecule has 1 aromatic carbocycles. The Bertz CT molecular complexity index is 602. The van der Waals surface area contributed by atoms with Gasteiger partial charge >= 0.3 is 5.97 Å². The van der Waals surface area contributed by atoms with Crippen LogP contribution >= 0.6 is 0 Å². The Hall–Kier alpha value is -2.50. The summed E-state index contributed by atoms with van der Waals surface area (Å²) in [6, 6.07) is 7.86. The Kier molecular flexibility index (Phi) is 3.18. The minimum absolute atomic E-state index is 0.106. The molecule has 0 radical (unpaired) electrons. The lowest BCUT2D eigenvalue weighted by Crippen LogP contribution is -2.03. The van der Waals surface area contributed by atoms with Crippen LogP contribution in [0.3, 0.4) is 0 Å². The molecule has 6 heteroatoms. The highest BCUT2D eigenvalue weighted by atomic mass is 19.2. The van der Waals surface area contributed by atoms with Crippen LogP contribution in [0.1, 0.15) is 10.5 Å². The summed E-state index contributed by atoms with van der Waals surface area (Å²) in [7, 11) is 0. The predicted octanol–water partition coefficient (Wildman–Crippen LogP) is 2.80. The number of aromatic nitrogens is 1. The van der Waals surface area contributed by atoms with Crippen molar-refractivity contribution in [1.82, 2.24) is 4.98 Å². The number of halogens is 2. The molecule has 0 aliphatic heterocycles. The number of rotatable bonds is 3. The van der Waals surface area contributed by atoms with Crippen LogP contribution in [0.4, 0.5) is 20.3 Å².